The first-order chi connectivity index (χ1) is 13.2. The number of hydrogen-bond donors (Lipinski definition) is 1. The lowest BCUT2D eigenvalue weighted by atomic mass is 10.1. The van der Waals surface area contributed by atoms with Crippen LogP contribution in [0.15, 0.2) is 65.3 Å². The summed E-state index contributed by atoms with van der Waals surface area (Å²) < 4.78 is 5.20. The Hall–Kier alpha value is -3.85. The zero-order valence-corrected chi connectivity index (χ0v) is 14.3. The molecule has 2 heterocycles. The molecule has 6 heteroatoms. The maximum absolute atomic E-state index is 12.5. The summed E-state index contributed by atoms with van der Waals surface area (Å²) in [6.07, 6.45) is 2.19. The van der Waals surface area contributed by atoms with E-state index in [4.69, 9.17) is 9.68 Å². The van der Waals surface area contributed by atoms with Gasteiger partial charge in [-0.3, -0.25) is 9.59 Å². The maximum atomic E-state index is 12.5. The molecule has 2 amide bonds. The van der Waals surface area contributed by atoms with Crippen LogP contribution in [0.5, 0.6) is 0 Å². The van der Waals surface area contributed by atoms with Crippen LogP contribution in [0.2, 0.25) is 0 Å². The second-order valence-corrected chi connectivity index (χ2v) is 6.17. The van der Waals surface area contributed by atoms with Crippen LogP contribution in [0.3, 0.4) is 0 Å². The molecule has 132 valence electrons. The molecule has 0 fully saturated rings. The molecule has 6 nitrogen and oxygen atoms in total. The fraction of sp³-hybridized carbons (Fsp3) is 0.0952. The third-order valence-electron chi connectivity index (χ3n) is 4.49. The third kappa shape index (κ3) is 3.18. The molecule has 1 aromatic heterocycles. The molecule has 0 bridgehead atoms. The van der Waals surface area contributed by atoms with Gasteiger partial charge in [-0.2, -0.15) is 5.26 Å². The number of benzene rings is 2. The Labute approximate surface area is 155 Å². The van der Waals surface area contributed by atoms with Crippen LogP contribution >= 0.6 is 0 Å². The zero-order valence-electron chi connectivity index (χ0n) is 14.3. The predicted octanol–water partition coefficient (Wildman–Crippen LogP) is 3.61. The monoisotopic (exact) mass is 357 g/mol. The van der Waals surface area contributed by atoms with E-state index >= 15 is 0 Å². The van der Waals surface area contributed by atoms with Crippen molar-refractivity contribution in [3.05, 3.63) is 83.3 Å². The number of amides is 2. The number of nitriles is 1. The molecule has 1 N–H and O–H groups in total. The van der Waals surface area contributed by atoms with E-state index in [1.165, 1.54) is 6.26 Å². The first kappa shape index (κ1) is 16.6. The number of nitrogens with one attached hydrogen (secondary N) is 1. The highest BCUT2D eigenvalue weighted by Crippen LogP contribution is 2.31. The minimum Gasteiger partial charge on any atom is -0.459 e. The number of anilines is 2. The van der Waals surface area contributed by atoms with Crippen molar-refractivity contribution in [3.8, 4) is 6.07 Å². The van der Waals surface area contributed by atoms with E-state index in [0.29, 0.717) is 35.5 Å². The number of nitrogens with zero attached hydrogens (tertiary/aromatic N) is 2. The van der Waals surface area contributed by atoms with Gasteiger partial charge in [-0.15, -0.1) is 0 Å². The van der Waals surface area contributed by atoms with Gasteiger partial charge in [-0.25, -0.2) is 0 Å². The Morgan fingerprint density at radius 1 is 1.11 bits per heavy atom. The van der Waals surface area contributed by atoms with Crippen molar-refractivity contribution >= 4 is 23.2 Å². The van der Waals surface area contributed by atoms with Crippen molar-refractivity contribution in [2.45, 2.75) is 6.42 Å². The van der Waals surface area contributed by atoms with Crippen molar-refractivity contribution in [1.29, 1.82) is 5.26 Å². The van der Waals surface area contributed by atoms with Gasteiger partial charge < -0.3 is 14.6 Å². The van der Waals surface area contributed by atoms with E-state index in [1.807, 2.05) is 18.2 Å². The van der Waals surface area contributed by atoms with Crippen molar-refractivity contribution in [3.63, 3.8) is 0 Å². The standard InChI is InChI=1S/C21H15N3O3/c22-13-14-3-5-15(6-4-14)20(25)23-17-7-8-18-16(12-17)9-10-24(18)21(26)19-2-1-11-27-19/h1-8,11-12H,9-10H2,(H,23,25). The number of hydrogen-bond acceptors (Lipinski definition) is 4. The van der Waals surface area contributed by atoms with Gasteiger partial charge in [0.15, 0.2) is 5.76 Å². The molecular weight excluding hydrogens is 342 g/mol. The van der Waals surface area contributed by atoms with Crippen LogP contribution in [0.25, 0.3) is 0 Å². The number of rotatable bonds is 3. The average molecular weight is 357 g/mol. The second-order valence-electron chi connectivity index (χ2n) is 6.17. The minimum atomic E-state index is -0.249. The van der Waals surface area contributed by atoms with Crippen molar-refractivity contribution in [2.75, 3.05) is 16.8 Å². The molecule has 1 aliphatic heterocycles. The van der Waals surface area contributed by atoms with Crippen LogP contribution in [0.1, 0.15) is 32.0 Å². The highest BCUT2D eigenvalue weighted by Gasteiger charge is 2.27. The second kappa shape index (κ2) is 6.81. The molecule has 0 saturated carbocycles. The Balaban J connectivity index is 1.51. The van der Waals surface area contributed by atoms with E-state index in [1.54, 1.807) is 47.4 Å². The van der Waals surface area contributed by atoms with E-state index in [9.17, 15) is 9.59 Å². The highest BCUT2D eigenvalue weighted by atomic mass is 16.3. The summed E-state index contributed by atoms with van der Waals surface area (Å²) in [6, 6.07) is 17.3. The molecule has 2 aromatic carbocycles. The van der Waals surface area contributed by atoms with Gasteiger partial charge in [0.2, 0.25) is 0 Å². The minimum absolute atomic E-state index is 0.173. The highest BCUT2D eigenvalue weighted by molar-refractivity contribution is 6.07. The Kier molecular flexibility index (Phi) is 4.19. The largest absolute Gasteiger partial charge is 0.459 e. The summed E-state index contributed by atoms with van der Waals surface area (Å²) in [6.45, 7) is 0.571. The fourth-order valence-electron chi connectivity index (χ4n) is 3.12. The van der Waals surface area contributed by atoms with Crippen LogP contribution in [-0.2, 0) is 6.42 Å². The fourth-order valence-corrected chi connectivity index (χ4v) is 3.12. The summed E-state index contributed by atoms with van der Waals surface area (Å²) in [4.78, 5) is 26.6. The van der Waals surface area contributed by atoms with E-state index in [-0.39, 0.29) is 11.8 Å². The smallest absolute Gasteiger partial charge is 0.293 e. The van der Waals surface area contributed by atoms with E-state index in [0.717, 1.165) is 11.3 Å². The molecule has 0 spiro atoms. The molecule has 0 saturated heterocycles. The molecule has 0 unspecified atom stereocenters. The summed E-state index contributed by atoms with van der Waals surface area (Å²) in [5.41, 5.74) is 3.46. The molecular formula is C21H15N3O3. The molecule has 0 aliphatic carbocycles. The molecule has 0 atom stereocenters. The summed E-state index contributed by atoms with van der Waals surface area (Å²) in [5.74, 6) is -0.116. The van der Waals surface area contributed by atoms with Gasteiger partial charge in [0.05, 0.1) is 17.9 Å². The summed E-state index contributed by atoms with van der Waals surface area (Å²) in [7, 11) is 0. The average Bonchev–Trinajstić information content (AvgIpc) is 3.37. The Bertz CT molecular complexity index is 1050. The van der Waals surface area contributed by atoms with Crippen molar-refractivity contribution < 1.29 is 14.0 Å². The lowest BCUT2D eigenvalue weighted by molar-refractivity contribution is 0.0962. The lowest BCUT2D eigenvalue weighted by Gasteiger charge is -2.16. The number of fused-ring (bicyclic) bond motifs is 1. The van der Waals surface area contributed by atoms with Gasteiger partial charge >= 0.3 is 0 Å². The van der Waals surface area contributed by atoms with Crippen molar-refractivity contribution in [2.24, 2.45) is 0 Å². The Morgan fingerprint density at radius 2 is 1.93 bits per heavy atom. The number of furan rings is 1. The molecule has 27 heavy (non-hydrogen) atoms. The predicted molar refractivity (Wildman–Crippen MR) is 99.6 cm³/mol. The van der Waals surface area contributed by atoms with Crippen LogP contribution in [-0.4, -0.2) is 18.4 Å². The first-order valence-corrected chi connectivity index (χ1v) is 8.45. The van der Waals surface area contributed by atoms with Crippen LogP contribution in [0.4, 0.5) is 11.4 Å². The topological polar surface area (TPSA) is 86.3 Å². The zero-order chi connectivity index (χ0) is 18.8. The van der Waals surface area contributed by atoms with E-state index in [2.05, 4.69) is 5.32 Å². The van der Waals surface area contributed by atoms with Gasteiger partial charge in [0.25, 0.3) is 11.8 Å². The molecule has 1 aliphatic rings. The van der Waals surface area contributed by atoms with Gasteiger partial charge in [-0.1, -0.05) is 0 Å². The molecule has 4 rings (SSSR count). The van der Waals surface area contributed by atoms with Crippen LogP contribution < -0.4 is 10.2 Å². The van der Waals surface area contributed by atoms with Gasteiger partial charge in [0, 0.05) is 23.5 Å². The van der Waals surface area contributed by atoms with Crippen LogP contribution in [0, 0.1) is 11.3 Å². The first-order valence-electron chi connectivity index (χ1n) is 8.45. The SMILES string of the molecule is N#Cc1ccc(C(=O)Nc2ccc3c(c2)CCN3C(=O)c2ccco2)cc1. The third-order valence-corrected chi connectivity index (χ3v) is 4.49. The summed E-state index contributed by atoms with van der Waals surface area (Å²) >= 11 is 0. The summed E-state index contributed by atoms with van der Waals surface area (Å²) in [5, 5.41) is 11.7. The maximum Gasteiger partial charge on any atom is 0.293 e. The molecule has 3 aromatic rings. The van der Waals surface area contributed by atoms with E-state index < -0.39 is 0 Å². The Morgan fingerprint density at radius 3 is 2.63 bits per heavy atom. The normalized spacial score (nSPS) is 12.3. The lowest BCUT2D eigenvalue weighted by Crippen LogP contribution is -2.28. The van der Waals surface area contributed by atoms with Crippen molar-refractivity contribution in [1.82, 2.24) is 0 Å². The van der Waals surface area contributed by atoms with Gasteiger partial charge in [-0.05, 0) is 66.6 Å². The number of carbonyl (C=O) groups excluding carboxylic acids is 2. The quantitative estimate of drug-likeness (QED) is 0.776. The molecule has 0 radical (unpaired) electrons. The van der Waals surface area contributed by atoms with Gasteiger partial charge in [0.1, 0.15) is 0 Å². The number of carbonyl (C=O) groups is 2.